The first-order valence-corrected chi connectivity index (χ1v) is 9.47. The number of phenolic OH excluding ortho intramolecular Hbond substituents is 2. The van der Waals surface area contributed by atoms with Gasteiger partial charge in [0.1, 0.15) is 11.5 Å². The van der Waals surface area contributed by atoms with Crippen LogP contribution in [0.2, 0.25) is 0 Å². The fourth-order valence-electron chi connectivity index (χ4n) is 3.29. The number of aryl methyl sites for hydroxylation is 2. The molecule has 3 N–H and O–H groups in total. The predicted molar refractivity (Wildman–Crippen MR) is 104 cm³/mol. The zero-order valence-electron chi connectivity index (χ0n) is 15.5. The number of amides is 1. The van der Waals surface area contributed by atoms with Crippen LogP contribution < -0.4 is 5.32 Å². The lowest BCUT2D eigenvalue weighted by Crippen LogP contribution is -2.26. The van der Waals surface area contributed by atoms with Gasteiger partial charge >= 0.3 is 0 Å². The van der Waals surface area contributed by atoms with Gasteiger partial charge in [0.2, 0.25) is 0 Å². The average molecular weight is 353 g/mol. The van der Waals surface area contributed by atoms with Crippen molar-refractivity contribution in [1.29, 1.82) is 0 Å². The van der Waals surface area contributed by atoms with Crippen molar-refractivity contribution in [3.05, 3.63) is 47.0 Å². The molecule has 4 heteroatoms. The maximum atomic E-state index is 12.8. The highest BCUT2D eigenvalue weighted by Gasteiger charge is 2.28. The number of unbranched alkanes of at least 4 members (excludes halogenated alkanes) is 2. The Morgan fingerprint density at radius 2 is 1.96 bits per heavy atom. The van der Waals surface area contributed by atoms with Gasteiger partial charge in [0.05, 0.1) is 11.1 Å². The molecule has 26 heavy (non-hydrogen) atoms. The Hall–Kier alpha value is -2.49. The van der Waals surface area contributed by atoms with E-state index in [0.717, 1.165) is 37.7 Å². The van der Waals surface area contributed by atoms with Crippen molar-refractivity contribution >= 4 is 5.91 Å². The van der Waals surface area contributed by atoms with E-state index in [-0.39, 0.29) is 23.4 Å². The number of benzene rings is 2. The molecular formula is C22H27NO3. The Balaban J connectivity index is 2.06. The summed E-state index contributed by atoms with van der Waals surface area (Å²) in [6.45, 7) is 4.08. The van der Waals surface area contributed by atoms with Gasteiger partial charge in [-0.05, 0) is 49.8 Å². The van der Waals surface area contributed by atoms with Crippen molar-refractivity contribution in [3.63, 3.8) is 0 Å². The summed E-state index contributed by atoms with van der Waals surface area (Å²) in [7, 11) is 0. The van der Waals surface area contributed by atoms with Crippen LogP contribution in [0.15, 0.2) is 30.3 Å². The number of carbonyl (C=O) groups is 1. The summed E-state index contributed by atoms with van der Waals surface area (Å²) in [5.74, 6) is -0.353. The Kier molecular flexibility index (Phi) is 5.50. The largest absolute Gasteiger partial charge is 0.507 e. The first-order chi connectivity index (χ1) is 12.5. The lowest BCUT2D eigenvalue weighted by atomic mass is 9.92. The van der Waals surface area contributed by atoms with E-state index in [9.17, 15) is 15.0 Å². The van der Waals surface area contributed by atoms with E-state index in [1.165, 1.54) is 0 Å². The molecule has 2 aromatic carbocycles. The molecule has 1 amide bonds. The molecule has 1 aliphatic carbocycles. The topological polar surface area (TPSA) is 69.6 Å². The predicted octanol–water partition coefficient (Wildman–Crippen LogP) is 4.70. The summed E-state index contributed by atoms with van der Waals surface area (Å²) in [6, 6.07) is 9.42. The SMILES string of the molecule is CCCCCc1cc(O)c(-c2cccc(C)c2)c(O)c1C(=O)NC1CC1. The van der Waals surface area contributed by atoms with Gasteiger partial charge in [-0.2, -0.15) is 0 Å². The molecule has 1 saturated carbocycles. The summed E-state index contributed by atoms with van der Waals surface area (Å²) >= 11 is 0. The van der Waals surface area contributed by atoms with E-state index in [2.05, 4.69) is 12.2 Å². The summed E-state index contributed by atoms with van der Waals surface area (Å²) in [5.41, 5.74) is 3.08. The molecule has 0 bridgehead atoms. The molecule has 0 aliphatic heterocycles. The van der Waals surface area contributed by atoms with Crippen molar-refractivity contribution in [2.75, 3.05) is 0 Å². The maximum Gasteiger partial charge on any atom is 0.255 e. The average Bonchev–Trinajstić information content (AvgIpc) is 3.38. The number of phenols is 2. The van der Waals surface area contributed by atoms with Crippen molar-refractivity contribution in [3.8, 4) is 22.6 Å². The lowest BCUT2D eigenvalue weighted by Gasteiger charge is -2.17. The zero-order valence-corrected chi connectivity index (χ0v) is 15.5. The monoisotopic (exact) mass is 353 g/mol. The van der Waals surface area contributed by atoms with Crippen molar-refractivity contribution in [1.82, 2.24) is 5.32 Å². The fourth-order valence-corrected chi connectivity index (χ4v) is 3.29. The second kappa shape index (κ2) is 7.81. The highest BCUT2D eigenvalue weighted by molar-refractivity contribution is 6.02. The second-order valence-electron chi connectivity index (χ2n) is 7.23. The van der Waals surface area contributed by atoms with Crippen LogP contribution in [0.25, 0.3) is 11.1 Å². The number of hydrogen-bond donors (Lipinski definition) is 3. The van der Waals surface area contributed by atoms with Gasteiger partial charge in [0.25, 0.3) is 5.91 Å². The number of rotatable bonds is 7. The first kappa shape index (κ1) is 18.3. The highest BCUT2D eigenvalue weighted by Crippen LogP contribution is 2.42. The summed E-state index contributed by atoms with van der Waals surface area (Å²) < 4.78 is 0. The van der Waals surface area contributed by atoms with Gasteiger partial charge in [0.15, 0.2) is 0 Å². The minimum absolute atomic E-state index is 0.0163. The molecule has 1 aliphatic rings. The standard InChI is InChI=1S/C22H27NO3/c1-3-4-5-8-16-13-18(24)19(15-9-6-7-14(2)12-15)21(25)20(16)22(26)23-17-10-11-17/h6-7,9,12-13,17,24-25H,3-5,8,10-11H2,1-2H3,(H,23,26). The molecular weight excluding hydrogens is 326 g/mol. The normalized spacial score (nSPS) is 13.6. The van der Waals surface area contributed by atoms with E-state index < -0.39 is 0 Å². The van der Waals surface area contributed by atoms with Crippen molar-refractivity contribution in [2.24, 2.45) is 0 Å². The van der Waals surface area contributed by atoms with Crippen molar-refractivity contribution in [2.45, 2.75) is 58.4 Å². The maximum absolute atomic E-state index is 12.8. The minimum Gasteiger partial charge on any atom is -0.507 e. The van der Waals surface area contributed by atoms with Crippen molar-refractivity contribution < 1.29 is 15.0 Å². The molecule has 0 atom stereocenters. The molecule has 2 aromatic rings. The number of hydrogen-bond acceptors (Lipinski definition) is 3. The molecule has 0 unspecified atom stereocenters. The van der Waals surface area contributed by atoms with Gasteiger partial charge in [-0.3, -0.25) is 4.79 Å². The van der Waals surface area contributed by atoms with E-state index in [0.29, 0.717) is 28.7 Å². The smallest absolute Gasteiger partial charge is 0.255 e. The molecule has 0 aromatic heterocycles. The lowest BCUT2D eigenvalue weighted by molar-refractivity contribution is 0.0947. The van der Waals surface area contributed by atoms with E-state index in [4.69, 9.17) is 0 Å². The Bertz CT molecular complexity index is 809. The Morgan fingerprint density at radius 3 is 2.62 bits per heavy atom. The van der Waals surface area contributed by atoms with Crippen LogP contribution in [0.1, 0.15) is 60.5 Å². The summed E-state index contributed by atoms with van der Waals surface area (Å²) in [5, 5.41) is 24.5. The van der Waals surface area contributed by atoms with Crippen LogP contribution >= 0.6 is 0 Å². The van der Waals surface area contributed by atoms with Crippen LogP contribution in [0.4, 0.5) is 0 Å². The molecule has 138 valence electrons. The summed E-state index contributed by atoms with van der Waals surface area (Å²) in [6.07, 6.45) is 5.67. The number of carbonyl (C=O) groups excluding carboxylic acids is 1. The van der Waals surface area contributed by atoms with E-state index in [1.807, 2.05) is 31.2 Å². The van der Waals surface area contributed by atoms with Crippen LogP contribution in [0.3, 0.4) is 0 Å². The Labute approximate surface area is 154 Å². The fraction of sp³-hybridized carbons (Fsp3) is 0.409. The third kappa shape index (κ3) is 4.01. The molecule has 4 nitrogen and oxygen atoms in total. The third-order valence-electron chi connectivity index (χ3n) is 4.86. The van der Waals surface area contributed by atoms with Gasteiger partial charge in [-0.15, -0.1) is 0 Å². The minimum atomic E-state index is -0.245. The van der Waals surface area contributed by atoms with Crippen LogP contribution in [-0.2, 0) is 6.42 Å². The molecule has 0 saturated heterocycles. The molecule has 0 heterocycles. The summed E-state index contributed by atoms with van der Waals surface area (Å²) in [4.78, 5) is 12.8. The highest BCUT2D eigenvalue weighted by atomic mass is 16.3. The Morgan fingerprint density at radius 1 is 1.19 bits per heavy atom. The van der Waals surface area contributed by atoms with E-state index >= 15 is 0 Å². The third-order valence-corrected chi connectivity index (χ3v) is 4.86. The van der Waals surface area contributed by atoms with Gasteiger partial charge in [0, 0.05) is 6.04 Å². The van der Waals surface area contributed by atoms with Gasteiger partial charge in [-0.1, -0.05) is 49.6 Å². The number of nitrogens with one attached hydrogen (secondary N) is 1. The molecule has 0 spiro atoms. The number of aromatic hydroxyl groups is 2. The second-order valence-corrected chi connectivity index (χ2v) is 7.23. The zero-order chi connectivity index (χ0) is 18.7. The van der Waals surface area contributed by atoms with Gasteiger partial charge < -0.3 is 15.5 Å². The molecule has 0 radical (unpaired) electrons. The molecule has 1 fully saturated rings. The van der Waals surface area contributed by atoms with Crippen LogP contribution in [0.5, 0.6) is 11.5 Å². The first-order valence-electron chi connectivity index (χ1n) is 9.47. The van der Waals surface area contributed by atoms with Crippen LogP contribution in [0, 0.1) is 6.92 Å². The van der Waals surface area contributed by atoms with Crippen LogP contribution in [-0.4, -0.2) is 22.2 Å². The quantitative estimate of drug-likeness (QED) is 0.632. The van der Waals surface area contributed by atoms with Gasteiger partial charge in [-0.25, -0.2) is 0 Å². The van der Waals surface area contributed by atoms with E-state index in [1.54, 1.807) is 6.07 Å². The molecule has 3 rings (SSSR count).